The number of alkyl halides is 3. The molecule has 0 unspecified atom stereocenters. The Labute approximate surface area is 136 Å². The lowest BCUT2D eigenvalue weighted by atomic mass is 10.1. The molecular weight excluding hydrogens is 325 g/mol. The monoisotopic (exact) mass is 342 g/mol. The average Bonchev–Trinajstić information content (AvgIpc) is 2.97. The third-order valence-corrected chi connectivity index (χ3v) is 3.97. The fraction of sp³-hybridized carbons (Fsp3) is 0.500. The van der Waals surface area contributed by atoms with Crippen molar-refractivity contribution in [2.75, 3.05) is 25.5 Å². The molecule has 0 spiro atoms. The number of aromatic nitrogens is 4. The first kappa shape index (κ1) is 16.7. The summed E-state index contributed by atoms with van der Waals surface area (Å²) in [5.41, 5.74) is 4.42. The minimum atomic E-state index is -4.53. The number of hydrogen-bond acceptors (Lipinski definition) is 6. The van der Waals surface area contributed by atoms with Gasteiger partial charge in [-0.1, -0.05) is 0 Å². The van der Waals surface area contributed by atoms with Crippen LogP contribution in [-0.2, 0) is 17.5 Å². The molecule has 10 heteroatoms. The van der Waals surface area contributed by atoms with Gasteiger partial charge >= 0.3 is 6.18 Å². The van der Waals surface area contributed by atoms with Crippen LogP contribution in [0.2, 0.25) is 0 Å². The highest BCUT2D eigenvalue weighted by molar-refractivity contribution is 5.54. The van der Waals surface area contributed by atoms with Gasteiger partial charge in [0.15, 0.2) is 5.82 Å². The zero-order valence-corrected chi connectivity index (χ0v) is 13.0. The second-order valence-corrected chi connectivity index (χ2v) is 5.67. The van der Waals surface area contributed by atoms with Crippen LogP contribution in [0.25, 0.3) is 5.69 Å². The molecular formula is C14H17F3N6O. The number of hydrogen-bond donors (Lipinski definition) is 1. The minimum absolute atomic E-state index is 0.182. The van der Waals surface area contributed by atoms with E-state index in [2.05, 4.69) is 20.4 Å². The highest BCUT2D eigenvalue weighted by Crippen LogP contribution is 2.34. The summed E-state index contributed by atoms with van der Waals surface area (Å²) in [7, 11) is 0. The summed E-state index contributed by atoms with van der Waals surface area (Å²) in [5.74, 6) is 0.460. The summed E-state index contributed by atoms with van der Waals surface area (Å²) >= 11 is 0. The lowest BCUT2D eigenvalue weighted by Crippen LogP contribution is -2.43. The van der Waals surface area contributed by atoms with Gasteiger partial charge in [-0.05, 0) is 35.5 Å². The molecule has 0 bridgehead atoms. The van der Waals surface area contributed by atoms with Crippen molar-refractivity contribution in [3.63, 3.8) is 0 Å². The summed E-state index contributed by atoms with van der Waals surface area (Å²) in [6.45, 7) is 4.35. The number of nitrogens with two attached hydrogens (primary N) is 1. The van der Waals surface area contributed by atoms with E-state index in [1.165, 1.54) is 16.8 Å². The third kappa shape index (κ3) is 3.34. The topological polar surface area (TPSA) is 82.1 Å². The molecule has 1 aliphatic heterocycles. The minimum Gasteiger partial charge on any atom is -0.398 e. The van der Waals surface area contributed by atoms with Gasteiger partial charge in [0.05, 0.1) is 31.0 Å². The maximum atomic E-state index is 13.0. The first-order chi connectivity index (χ1) is 11.4. The second kappa shape index (κ2) is 6.36. The summed E-state index contributed by atoms with van der Waals surface area (Å²) in [6.07, 6.45) is -4.53. The van der Waals surface area contributed by atoms with Crippen molar-refractivity contribution in [3.8, 4) is 5.69 Å². The van der Waals surface area contributed by atoms with Gasteiger partial charge in [-0.25, -0.2) is 0 Å². The molecule has 3 rings (SSSR count). The Hall–Kier alpha value is -2.20. The van der Waals surface area contributed by atoms with Crippen molar-refractivity contribution < 1.29 is 17.9 Å². The van der Waals surface area contributed by atoms with E-state index in [9.17, 15) is 13.2 Å². The standard InChI is InChI=1S/C14H17F3N6O/c1-9-8-24-5-4-22(9)7-13-19-20-21-23(13)10-2-3-12(18)11(6-10)14(15,16)17/h2-3,6,9H,4-5,7-8,18H2,1H3/t9-/m1/s1. The molecule has 0 aliphatic carbocycles. The number of anilines is 1. The first-order valence-electron chi connectivity index (χ1n) is 7.42. The number of halogens is 3. The van der Waals surface area contributed by atoms with Gasteiger partial charge < -0.3 is 10.5 Å². The van der Waals surface area contributed by atoms with Crippen molar-refractivity contribution >= 4 is 5.69 Å². The molecule has 2 N–H and O–H groups in total. The molecule has 0 amide bonds. The van der Waals surface area contributed by atoms with Crippen molar-refractivity contribution in [2.45, 2.75) is 25.7 Å². The van der Waals surface area contributed by atoms with Crippen LogP contribution >= 0.6 is 0 Å². The van der Waals surface area contributed by atoms with Crippen LogP contribution in [0.1, 0.15) is 18.3 Å². The zero-order chi connectivity index (χ0) is 17.3. The van der Waals surface area contributed by atoms with Gasteiger partial charge in [-0.2, -0.15) is 17.9 Å². The summed E-state index contributed by atoms with van der Waals surface area (Å²) < 4.78 is 45.8. The molecule has 0 radical (unpaired) electrons. The van der Waals surface area contributed by atoms with Gasteiger partial charge in [0, 0.05) is 18.3 Å². The van der Waals surface area contributed by atoms with Crippen molar-refractivity contribution in [3.05, 3.63) is 29.6 Å². The number of ether oxygens (including phenoxy) is 1. The van der Waals surface area contributed by atoms with E-state index in [0.29, 0.717) is 32.1 Å². The van der Waals surface area contributed by atoms with Crippen LogP contribution in [0.5, 0.6) is 0 Å². The van der Waals surface area contributed by atoms with E-state index in [4.69, 9.17) is 10.5 Å². The summed E-state index contributed by atoms with van der Waals surface area (Å²) in [6, 6.07) is 3.81. The fourth-order valence-electron chi connectivity index (χ4n) is 2.60. The Bertz CT molecular complexity index is 717. The van der Waals surface area contributed by atoms with Gasteiger partial charge in [-0.3, -0.25) is 4.90 Å². The van der Waals surface area contributed by atoms with E-state index < -0.39 is 11.7 Å². The van der Waals surface area contributed by atoms with E-state index in [-0.39, 0.29) is 17.4 Å². The second-order valence-electron chi connectivity index (χ2n) is 5.67. The SMILES string of the molecule is C[C@@H]1COCCN1Cc1nnnn1-c1ccc(N)c(C(F)(F)F)c1. The van der Waals surface area contributed by atoms with Gasteiger partial charge in [0.2, 0.25) is 0 Å². The lowest BCUT2D eigenvalue weighted by Gasteiger charge is -2.32. The number of rotatable bonds is 3. The quantitative estimate of drug-likeness (QED) is 0.851. The Kier molecular flexibility index (Phi) is 4.41. The summed E-state index contributed by atoms with van der Waals surface area (Å²) in [4.78, 5) is 2.12. The van der Waals surface area contributed by atoms with Crippen molar-refractivity contribution in [1.29, 1.82) is 0 Å². The largest absolute Gasteiger partial charge is 0.418 e. The molecule has 7 nitrogen and oxygen atoms in total. The smallest absolute Gasteiger partial charge is 0.398 e. The predicted molar refractivity (Wildman–Crippen MR) is 79.3 cm³/mol. The lowest BCUT2D eigenvalue weighted by molar-refractivity contribution is -0.136. The summed E-state index contributed by atoms with van der Waals surface area (Å²) in [5, 5.41) is 11.4. The van der Waals surface area contributed by atoms with Gasteiger partial charge in [0.25, 0.3) is 0 Å². The van der Waals surface area contributed by atoms with Crippen LogP contribution in [0, 0.1) is 0 Å². The number of nitrogens with zero attached hydrogens (tertiary/aromatic N) is 5. The molecule has 130 valence electrons. The maximum absolute atomic E-state index is 13.0. The molecule has 1 atom stereocenters. The predicted octanol–water partition coefficient (Wildman–Crippen LogP) is 1.48. The van der Waals surface area contributed by atoms with E-state index in [1.54, 1.807) is 0 Å². The Morgan fingerprint density at radius 1 is 1.38 bits per heavy atom. The molecule has 2 heterocycles. The fourth-order valence-corrected chi connectivity index (χ4v) is 2.60. The molecule has 1 aromatic carbocycles. The van der Waals surface area contributed by atoms with Gasteiger partial charge in [-0.15, -0.1) is 5.10 Å². The molecule has 0 saturated carbocycles. The molecule has 24 heavy (non-hydrogen) atoms. The van der Waals surface area contributed by atoms with Crippen molar-refractivity contribution in [1.82, 2.24) is 25.1 Å². The van der Waals surface area contributed by atoms with Crippen LogP contribution in [0.15, 0.2) is 18.2 Å². The number of tetrazole rings is 1. The average molecular weight is 342 g/mol. The van der Waals surface area contributed by atoms with Crippen LogP contribution in [0.3, 0.4) is 0 Å². The third-order valence-electron chi connectivity index (χ3n) is 3.97. The first-order valence-corrected chi connectivity index (χ1v) is 7.42. The molecule has 2 aromatic rings. The number of benzene rings is 1. The van der Waals surface area contributed by atoms with Crippen molar-refractivity contribution in [2.24, 2.45) is 0 Å². The van der Waals surface area contributed by atoms with E-state index >= 15 is 0 Å². The molecule has 1 aromatic heterocycles. The normalized spacial score (nSPS) is 19.6. The maximum Gasteiger partial charge on any atom is 0.418 e. The Morgan fingerprint density at radius 2 is 2.17 bits per heavy atom. The Morgan fingerprint density at radius 3 is 2.88 bits per heavy atom. The van der Waals surface area contributed by atoms with Crippen LogP contribution in [0.4, 0.5) is 18.9 Å². The highest BCUT2D eigenvalue weighted by atomic mass is 19.4. The van der Waals surface area contributed by atoms with Crippen LogP contribution in [-0.4, -0.2) is 50.9 Å². The molecule has 1 fully saturated rings. The van der Waals surface area contributed by atoms with Gasteiger partial charge in [0.1, 0.15) is 0 Å². The van der Waals surface area contributed by atoms with Crippen LogP contribution < -0.4 is 5.73 Å². The van der Waals surface area contributed by atoms with E-state index in [0.717, 1.165) is 6.07 Å². The van der Waals surface area contributed by atoms with E-state index in [1.807, 2.05) is 6.92 Å². The molecule has 1 aliphatic rings. The zero-order valence-electron chi connectivity index (χ0n) is 13.0. The highest BCUT2D eigenvalue weighted by Gasteiger charge is 2.33. The Balaban J connectivity index is 1.90. The molecule has 1 saturated heterocycles. The number of morpholine rings is 1. The number of nitrogen functional groups attached to an aromatic ring is 1.